The molecule has 0 unspecified atom stereocenters. The van der Waals surface area contributed by atoms with E-state index >= 15 is 0 Å². The highest BCUT2D eigenvalue weighted by atomic mass is 16.6. The van der Waals surface area contributed by atoms with Crippen LogP contribution in [0.15, 0.2) is 28.9 Å². The van der Waals surface area contributed by atoms with E-state index in [9.17, 15) is 14.9 Å². The molecule has 3 N–H and O–H groups in total. The molecule has 0 saturated heterocycles. The SMILES string of the molecule is Nc1nonc1C(=O)Nc1cccc([N+](=O)[O-])c1. The number of aromatic nitrogens is 2. The monoisotopic (exact) mass is 249 g/mol. The van der Waals surface area contributed by atoms with Gasteiger partial charge < -0.3 is 11.1 Å². The molecule has 0 fully saturated rings. The molecule has 18 heavy (non-hydrogen) atoms. The molecule has 1 amide bonds. The number of rotatable bonds is 3. The van der Waals surface area contributed by atoms with Crippen molar-refractivity contribution in [1.82, 2.24) is 10.3 Å². The Morgan fingerprint density at radius 3 is 2.83 bits per heavy atom. The van der Waals surface area contributed by atoms with Crippen LogP contribution >= 0.6 is 0 Å². The third kappa shape index (κ3) is 2.24. The molecule has 0 spiro atoms. The fourth-order valence-corrected chi connectivity index (χ4v) is 1.24. The second kappa shape index (κ2) is 4.49. The Labute approximate surface area is 99.7 Å². The molecule has 0 bridgehead atoms. The van der Waals surface area contributed by atoms with Crippen molar-refractivity contribution in [3.63, 3.8) is 0 Å². The van der Waals surface area contributed by atoms with E-state index in [4.69, 9.17) is 5.73 Å². The zero-order valence-electron chi connectivity index (χ0n) is 8.86. The summed E-state index contributed by atoms with van der Waals surface area (Å²) in [5.74, 6) is -0.813. The minimum atomic E-state index is -0.658. The Kier molecular flexibility index (Phi) is 2.87. The lowest BCUT2D eigenvalue weighted by Gasteiger charge is -2.02. The van der Waals surface area contributed by atoms with Crippen molar-refractivity contribution in [2.75, 3.05) is 11.1 Å². The number of nitrogens with two attached hydrogens (primary N) is 1. The van der Waals surface area contributed by atoms with Crippen LogP contribution in [0, 0.1) is 10.1 Å². The van der Waals surface area contributed by atoms with Gasteiger partial charge in [0.25, 0.3) is 11.6 Å². The van der Waals surface area contributed by atoms with E-state index in [0.29, 0.717) is 0 Å². The van der Waals surface area contributed by atoms with Gasteiger partial charge in [-0.2, -0.15) is 0 Å². The number of carbonyl (C=O) groups is 1. The molecule has 9 heteroatoms. The molecule has 2 rings (SSSR count). The van der Waals surface area contributed by atoms with Crippen molar-refractivity contribution < 1.29 is 14.3 Å². The second-order valence-electron chi connectivity index (χ2n) is 3.26. The highest BCUT2D eigenvalue weighted by molar-refractivity contribution is 6.05. The lowest BCUT2D eigenvalue weighted by molar-refractivity contribution is -0.384. The summed E-state index contributed by atoms with van der Waals surface area (Å²) < 4.78 is 4.27. The van der Waals surface area contributed by atoms with Crippen molar-refractivity contribution >= 4 is 23.1 Å². The molecule has 0 aliphatic rings. The molecule has 0 saturated carbocycles. The van der Waals surface area contributed by atoms with Crippen LogP contribution in [0.4, 0.5) is 17.2 Å². The Balaban J connectivity index is 2.20. The fourth-order valence-electron chi connectivity index (χ4n) is 1.24. The van der Waals surface area contributed by atoms with Crippen molar-refractivity contribution in [1.29, 1.82) is 0 Å². The molecule has 0 radical (unpaired) electrons. The van der Waals surface area contributed by atoms with Crippen LogP contribution in [-0.4, -0.2) is 21.1 Å². The number of carbonyl (C=O) groups excluding carboxylic acids is 1. The van der Waals surface area contributed by atoms with Gasteiger partial charge in [0, 0.05) is 17.8 Å². The first-order valence-corrected chi connectivity index (χ1v) is 4.72. The summed E-state index contributed by atoms with van der Waals surface area (Å²) in [5.41, 5.74) is 5.26. The predicted molar refractivity (Wildman–Crippen MR) is 59.8 cm³/mol. The van der Waals surface area contributed by atoms with Crippen LogP contribution in [0.25, 0.3) is 0 Å². The summed E-state index contributed by atoms with van der Waals surface area (Å²) in [6.45, 7) is 0. The van der Waals surface area contributed by atoms with Crippen LogP contribution in [0.1, 0.15) is 10.5 Å². The Hall–Kier alpha value is -2.97. The van der Waals surface area contributed by atoms with Gasteiger partial charge in [-0.25, -0.2) is 4.63 Å². The Morgan fingerprint density at radius 1 is 1.44 bits per heavy atom. The molecular formula is C9H7N5O4. The zero-order chi connectivity index (χ0) is 13.1. The summed E-state index contributed by atoms with van der Waals surface area (Å²) in [7, 11) is 0. The lowest BCUT2D eigenvalue weighted by Crippen LogP contribution is -2.14. The Bertz CT molecular complexity index is 609. The van der Waals surface area contributed by atoms with E-state index in [1.54, 1.807) is 0 Å². The number of anilines is 2. The molecule has 1 aromatic carbocycles. The molecule has 0 aliphatic carbocycles. The van der Waals surface area contributed by atoms with Gasteiger partial charge in [0.15, 0.2) is 0 Å². The summed E-state index contributed by atoms with van der Waals surface area (Å²) in [6.07, 6.45) is 0. The topological polar surface area (TPSA) is 137 Å². The first kappa shape index (κ1) is 11.5. The fraction of sp³-hybridized carbons (Fsp3) is 0. The molecular weight excluding hydrogens is 242 g/mol. The van der Waals surface area contributed by atoms with Crippen LogP contribution in [0.5, 0.6) is 0 Å². The van der Waals surface area contributed by atoms with Gasteiger partial charge in [0.05, 0.1) is 4.92 Å². The highest BCUT2D eigenvalue weighted by Gasteiger charge is 2.16. The van der Waals surface area contributed by atoms with E-state index < -0.39 is 10.8 Å². The van der Waals surface area contributed by atoms with Crippen LogP contribution in [-0.2, 0) is 0 Å². The Morgan fingerprint density at radius 2 is 2.22 bits per heavy atom. The van der Waals surface area contributed by atoms with Gasteiger partial charge in [-0.05, 0) is 16.4 Å². The second-order valence-corrected chi connectivity index (χ2v) is 3.26. The van der Waals surface area contributed by atoms with Gasteiger partial charge in [-0.1, -0.05) is 6.07 Å². The smallest absolute Gasteiger partial charge is 0.281 e. The first-order chi connectivity index (χ1) is 8.58. The minimum absolute atomic E-state index is 0.140. The number of nitrogen functional groups attached to an aromatic ring is 1. The minimum Gasteiger partial charge on any atom is -0.379 e. The largest absolute Gasteiger partial charge is 0.379 e. The molecule has 0 atom stereocenters. The maximum Gasteiger partial charge on any atom is 0.281 e. The van der Waals surface area contributed by atoms with Gasteiger partial charge >= 0.3 is 0 Å². The highest BCUT2D eigenvalue weighted by Crippen LogP contribution is 2.18. The number of nitro benzene ring substituents is 1. The number of nitrogens with one attached hydrogen (secondary N) is 1. The molecule has 92 valence electrons. The summed E-state index contributed by atoms with van der Waals surface area (Å²) >= 11 is 0. The summed E-state index contributed by atoms with van der Waals surface area (Å²) in [5, 5.41) is 19.5. The van der Waals surface area contributed by atoms with Crippen LogP contribution < -0.4 is 11.1 Å². The average molecular weight is 249 g/mol. The molecule has 1 aromatic heterocycles. The standard InChI is InChI=1S/C9H7N5O4/c10-8-7(12-18-13-8)9(15)11-5-2-1-3-6(4-5)14(16)17/h1-4H,(H2,10,13)(H,11,15). The lowest BCUT2D eigenvalue weighted by atomic mass is 10.2. The number of non-ortho nitro benzene ring substituents is 1. The van der Waals surface area contributed by atoms with Crippen LogP contribution in [0.3, 0.4) is 0 Å². The quantitative estimate of drug-likeness (QED) is 0.606. The molecule has 2 aromatic rings. The van der Waals surface area contributed by atoms with E-state index in [2.05, 4.69) is 20.3 Å². The van der Waals surface area contributed by atoms with Gasteiger partial charge in [0.1, 0.15) is 0 Å². The third-order valence-corrected chi connectivity index (χ3v) is 2.04. The van der Waals surface area contributed by atoms with E-state index in [-0.39, 0.29) is 22.9 Å². The maximum atomic E-state index is 11.7. The number of hydrogen-bond acceptors (Lipinski definition) is 7. The van der Waals surface area contributed by atoms with Crippen LogP contribution in [0.2, 0.25) is 0 Å². The number of amides is 1. The van der Waals surface area contributed by atoms with E-state index in [1.807, 2.05) is 0 Å². The normalized spacial score (nSPS) is 10.0. The number of nitro groups is 1. The number of nitrogens with zero attached hydrogens (tertiary/aromatic N) is 3. The van der Waals surface area contributed by atoms with Crippen molar-refractivity contribution in [3.05, 3.63) is 40.1 Å². The first-order valence-electron chi connectivity index (χ1n) is 4.72. The maximum absolute atomic E-state index is 11.7. The predicted octanol–water partition coefficient (Wildman–Crippen LogP) is 0.812. The van der Waals surface area contributed by atoms with E-state index in [1.165, 1.54) is 24.3 Å². The average Bonchev–Trinajstić information content (AvgIpc) is 2.76. The molecule has 9 nitrogen and oxygen atoms in total. The van der Waals surface area contributed by atoms with Gasteiger partial charge in [0.2, 0.25) is 11.5 Å². The zero-order valence-corrected chi connectivity index (χ0v) is 8.86. The van der Waals surface area contributed by atoms with Gasteiger partial charge in [-0.15, -0.1) is 0 Å². The molecule has 1 heterocycles. The van der Waals surface area contributed by atoms with Gasteiger partial charge in [-0.3, -0.25) is 14.9 Å². The molecule has 0 aliphatic heterocycles. The van der Waals surface area contributed by atoms with Crippen molar-refractivity contribution in [3.8, 4) is 0 Å². The van der Waals surface area contributed by atoms with Crippen molar-refractivity contribution in [2.24, 2.45) is 0 Å². The summed E-state index contributed by atoms with van der Waals surface area (Å²) in [6, 6.07) is 5.45. The van der Waals surface area contributed by atoms with Crippen molar-refractivity contribution in [2.45, 2.75) is 0 Å². The van der Waals surface area contributed by atoms with E-state index in [0.717, 1.165) is 0 Å². The third-order valence-electron chi connectivity index (χ3n) is 2.04. The number of benzene rings is 1. The summed E-state index contributed by atoms with van der Waals surface area (Å²) in [4.78, 5) is 21.6. The number of hydrogen-bond donors (Lipinski definition) is 2.